The van der Waals surface area contributed by atoms with Crippen LogP contribution in [0.1, 0.15) is 5.56 Å². The predicted molar refractivity (Wildman–Crippen MR) is 87.8 cm³/mol. The average molecular weight is 332 g/mol. The molecule has 1 aliphatic rings. The Hall–Kier alpha value is -2.54. The van der Waals surface area contributed by atoms with Crippen molar-refractivity contribution in [3.63, 3.8) is 0 Å². The molecule has 1 saturated heterocycles. The average Bonchev–Trinajstić information content (AvgIpc) is 2.94. The lowest BCUT2D eigenvalue weighted by Crippen LogP contribution is -2.23. The Morgan fingerprint density at radius 3 is 2.35 bits per heavy atom. The van der Waals surface area contributed by atoms with E-state index in [0.717, 1.165) is 5.56 Å². The number of cyclic esters (lactones) is 1. The van der Waals surface area contributed by atoms with E-state index in [2.05, 4.69) is 4.72 Å². The van der Waals surface area contributed by atoms with Gasteiger partial charge in [-0.2, -0.15) is 0 Å². The van der Waals surface area contributed by atoms with E-state index in [0.29, 0.717) is 24.5 Å². The zero-order valence-corrected chi connectivity index (χ0v) is 13.1. The summed E-state index contributed by atoms with van der Waals surface area (Å²) >= 11 is 0. The monoisotopic (exact) mass is 332 g/mol. The van der Waals surface area contributed by atoms with Crippen LogP contribution in [0, 0.1) is 0 Å². The van der Waals surface area contributed by atoms with Crippen molar-refractivity contribution in [2.75, 3.05) is 22.8 Å². The molecule has 2 aromatic carbocycles. The highest BCUT2D eigenvalue weighted by Crippen LogP contribution is 2.22. The summed E-state index contributed by atoms with van der Waals surface area (Å²) in [5.74, 6) is -0.0892. The van der Waals surface area contributed by atoms with Crippen LogP contribution in [0.3, 0.4) is 0 Å². The first kappa shape index (κ1) is 15.4. The van der Waals surface area contributed by atoms with Crippen molar-refractivity contribution in [3.05, 3.63) is 60.2 Å². The van der Waals surface area contributed by atoms with Crippen LogP contribution in [-0.2, 0) is 20.5 Å². The summed E-state index contributed by atoms with van der Waals surface area (Å²) in [6.07, 6.45) is -0.387. The molecule has 23 heavy (non-hydrogen) atoms. The summed E-state index contributed by atoms with van der Waals surface area (Å²) in [4.78, 5) is 13.0. The number of carbonyl (C=O) groups is 1. The van der Waals surface area contributed by atoms with E-state index in [1.807, 2.05) is 6.07 Å². The van der Waals surface area contributed by atoms with E-state index in [-0.39, 0.29) is 11.8 Å². The van der Waals surface area contributed by atoms with Gasteiger partial charge in [0.05, 0.1) is 12.3 Å². The highest BCUT2D eigenvalue weighted by Gasteiger charge is 2.23. The third kappa shape index (κ3) is 3.81. The quantitative estimate of drug-likeness (QED) is 0.913. The lowest BCUT2D eigenvalue weighted by atomic mass is 10.2. The number of nitrogens with one attached hydrogen (secondary N) is 1. The van der Waals surface area contributed by atoms with Gasteiger partial charge in [0.25, 0.3) is 0 Å². The molecular formula is C16H16N2O4S. The van der Waals surface area contributed by atoms with Crippen LogP contribution < -0.4 is 9.62 Å². The molecule has 0 aromatic heterocycles. The molecule has 6 nitrogen and oxygen atoms in total. The first-order chi connectivity index (χ1) is 11.0. The Balaban J connectivity index is 1.69. The summed E-state index contributed by atoms with van der Waals surface area (Å²) in [6.45, 7) is 0.863. The number of rotatable bonds is 5. The number of sulfonamides is 1. The molecule has 0 spiro atoms. The molecule has 120 valence electrons. The summed E-state index contributed by atoms with van der Waals surface area (Å²) in [6, 6.07) is 15.6. The highest BCUT2D eigenvalue weighted by molar-refractivity contribution is 7.91. The minimum atomic E-state index is -3.49. The van der Waals surface area contributed by atoms with Crippen molar-refractivity contribution in [2.24, 2.45) is 0 Å². The number of hydrogen-bond donors (Lipinski definition) is 1. The van der Waals surface area contributed by atoms with E-state index in [4.69, 9.17) is 4.74 Å². The molecule has 1 amide bonds. The van der Waals surface area contributed by atoms with Gasteiger partial charge >= 0.3 is 6.09 Å². The van der Waals surface area contributed by atoms with Crippen LogP contribution in [-0.4, -0.2) is 27.7 Å². The first-order valence-electron chi connectivity index (χ1n) is 7.12. The zero-order valence-electron chi connectivity index (χ0n) is 12.3. The van der Waals surface area contributed by atoms with Crippen molar-refractivity contribution >= 4 is 27.5 Å². The van der Waals surface area contributed by atoms with E-state index >= 15 is 0 Å². The SMILES string of the molecule is O=C1OCCN1c1ccc(NS(=O)(=O)Cc2ccccc2)cc1. The molecule has 3 rings (SSSR count). The Morgan fingerprint density at radius 1 is 1.04 bits per heavy atom. The number of ether oxygens (including phenoxy) is 1. The van der Waals surface area contributed by atoms with Crippen molar-refractivity contribution in [1.29, 1.82) is 0 Å². The maximum absolute atomic E-state index is 12.2. The molecule has 0 aliphatic carbocycles. The minimum absolute atomic E-state index is 0.0892. The Bertz CT molecular complexity index is 789. The topological polar surface area (TPSA) is 75.7 Å². The van der Waals surface area contributed by atoms with Gasteiger partial charge in [0.1, 0.15) is 6.61 Å². The van der Waals surface area contributed by atoms with Crippen LogP contribution in [0.2, 0.25) is 0 Å². The van der Waals surface area contributed by atoms with E-state index in [9.17, 15) is 13.2 Å². The smallest absolute Gasteiger partial charge is 0.414 e. The maximum atomic E-state index is 12.2. The van der Waals surface area contributed by atoms with Crippen LogP contribution in [0.4, 0.5) is 16.2 Å². The summed E-state index contributed by atoms with van der Waals surface area (Å²) in [5, 5.41) is 0. The second kappa shape index (κ2) is 6.29. The van der Waals surface area contributed by atoms with Crippen LogP contribution in [0.25, 0.3) is 0 Å². The Kier molecular flexibility index (Phi) is 4.20. The van der Waals surface area contributed by atoms with E-state index in [1.54, 1.807) is 48.5 Å². The molecule has 0 radical (unpaired) electrons. The molecule has 0 saturated carbocycles. The van der Waals surface area contributed by atoms with E-state index < -0.39 is 10.0 Å². The second-order valence-electron chi connectivity index (χ2n) is 5.16. The number of benzene rings is 2. The van der Waals surface area contributed by atoms with Crippen molar-refractivity contribution in [1.82, 2.24) is 0 Å². The third-order valence-electron chi connectivity index (χ3n) is 3.41. The first-order valence-corrected chi connectivity index (χ1v) is 8.77. The van der Waals surface area contributed by atoms with Crippen molar-refractivity contribution in [2.45, 2.75) is 5.75 Å². The molecule has 1 aliphatic heterocycles. The van der Waals surface area contributed by atoms with Gasteiger partial charge in [-0.1, -0.05) is 30.3 Å². The molecule has 0 bridgehead atoms. The fraction of sp³-hybridized carbons (Fsp3) is 0.188. The Labute approximate surface area is 134 Å². The maximum Gasteiger partial charge on any atom is 0.414 e. The van der Waals surface area contributed by atoms with Gasteiger partial charge in [-0.3, -0.25) is 9.62 Å². The van der Waals surface area contributed by atoms with Gasteiger partial charge in [0.15, 0.2) is 0 Å². The van der Waals surface area contributed by atoms with Gasteiger partial charge in [-0.05, 0) is 29.8 Å². The summed E-state index contributed by atoms with van der Waals surface area (Å²) in [5.41, 5.74) is 1.85. The summed E-state index contributed by atoms with van der Waals surface area (Å²) in [7, 11) is -3.49. The van der Waals surface area contributed by atoms with Gasteiger partial charge in [-0.15, -0.1) is 0 Å². The van der Waals surface area contributed by atoms with Crippen LogP contribution in [0.15, 0.2) is 54.6 Å². The van der Waals surface area contributed by atoms with Crippen LogP contribution >= 0.6 is 0 Å². The normalized spacial score (nSPS) is 14.6. The molecule has 0 unspecified atom stereocenters. The number of nitrogens with zero attached hydrogens (tertiary/aromatic N) is 1. The predicted octanol–water partition coefficient (Wildman–Crippen LogP) is 2.59. The Morgan fingerprint density at radius 2 is 1.74 bits per heavy atom. The molecular weight excluding hydrogens is 316 g/mol. The molecule has 0 atom stereocenters. The fourth-order valence-corrected chi connectivity index (χ4v) is 3.55. The summed E-state index contributed by atoms with van der Waals surface area (Å²) < 4.78 is 31.7. The third-order valence-corrected chi connectivity index (χ3v) is 4.67. The van der Waals surface area contributed by atoms with Gasteiger partial charge in [-0.25, -0.2) is 13.2 Å². The molecule has 2 aromatic rings. The highest BCUT2D eigenvalue weighted by atomic mass is 32.2. The van der Waals surface area contributed by atoms with Gasteiger partial charge < -0.3 is 4.74 Å². The molecule has 7 heteroatoms. The largest absolute Gasteiger partial charge is 0.447 e. The van der Waals surface area contributed by atoms with Gasteiger partial charge in [0, 0.05) is 11.4 Å². The number of anilines is 2. The van der Waals surface area contributed by atoms with Crippen molar-refractivity contribution < 1.29 is 17.9 Å². The van der Waals surface area contributed by atoms with E-state index in [1.165, 1.54) is 4.90 Å². The number of hydrogen-bond acceptors (Lipinski definition) is 4. The lowest BCUT2D eigenvalue weighted by molar-refractivity contribution is 0.181. The standard InChI is InChI=1S/C16H16N2O4S/c19-16-18(10-11-22-16)15-8-6-14(7-9-15)17-23(20,21)12-13-4-2-1-3-5-13/h1-9,17H,10-12H2. The van der Waals surface area contributed by atoms with Crippen LogP contribution in [0.5, 0.6) is 0 Å². The molecule has 1 heterocycles. The number of amides is 1. The molecule has 1 fully saturated rings. The van der Waals surface area contributed by atoms with Crippen molar-refractivity contribution in [3.8, 4) is 0 Å². The lowest BCUT2D eigenvalue weighted by Gasteiger charge is -2.14. The molecule has 1 N–H and O–H groups in total. The fourth-order valence-electron chi connectivity index (χ4n) is 2.35. The number of carbonyl (C=O) groups excluding carboxylic acids is 1. The minimum Gasteiger partial charge on any atom is -0.447 e. The zero-order chi connectivity index (χ0) is 16.3. The second-order valence-corrected chi connectivity index (χ2v) is 6.88. The van der Waals surface area contributed by atoms with Gasteiger partial charge in [0.2, 0.25) is 10.0 Å².